The molecule has 0 aliphatic rings. The van der Waals surface area contributed by atoms with Gasteiger partial charge in [-0.05, 0) is 5.39 Å². The maximum absolute atomic E-state index is 10.5. The smallest absolute Gasteiger partial charge is 0.163 e. The first kappa shape index (κ1) is 10.4. The average molecular weight is 236 g/mol. The SMILES string of the molecule is O=C=Cc1cnc(-n2cncn2)c2ccccc12. The largest absolute Gasteiger partial charge is 0.236 e. The zero-order chi connectivity index (χ0) is 12.4. The van der Waals surface area contributed by atoms with Crippen LogP contribution >= 0.6 is 0 Å². The van der Waals surface area contributed by atoms with Crippen LogP contribution in [-0.2, 0) is 4.79 Å². The fourth-order valence-corrected chi connectivity index (χ4v) is 1.88. The van der Waals surface area contributed by atoms with Crippen molar-refractivity contribution < 1.29 is 4.79 Å². The van der Waals surface area contributed by atoms with Crippen LogP contribution in [0, 0.1) is 0 Å². The van der Waals surface area contributed by atoms with Crippen molar-refractivity contribution in [3.8, 4) is 5.82 Å². The van der Waals surface area contributed by atoms with E-state index in [-0.39, 0.29) is 0 Å². The predicted octanol–water partition coefficient (Wildman–Crippen LogP) is 1.66. The van der Waals surface area contributed by atoms with Gasteiger partial charge >= 0.3 is 0 Å². The molecule has 0 saturated heterocycles. The van der Waals surface area contributed by atoms with Crippen molar-refractivity contribution in [1.29, 1.82) is 0 Å². The molecular weight excluding hydrogens is 228 g/mol. The van der Waals surface area contributed by atoms with E-state index in [0.29, 0.717) is 5.82 Å². The Morgan fingerprint density at radius 2 is 2.06 bits per heavy atom. The molecule has 0 N–H and O–H groups in total. The zero-order valence-electron chi connectivity index (χ0n) is 9.32. The van der Waals surface area contributed by atoms with Crippen molar-refractivity contribution in [2.24, 2.45) is 0 Å². The van der Waals surface area contributed by atoms with E-state index in [1.54, 1.807) is 23.1 Å². The van der Waals surface area contributed by atoms with Crippen molar-refractivity contribution in [3.05, 3.63) is 48.7 Å². The van der Waals surface area contributed by atoms with Crippen LogP contribution in [0.2, 0.25) is 0 Å². The van der Waals surface area contributed by atoms with Crippen LogP contribution < -0.4 is 0 Å². The summed E-state index contributed by atoms with van der Waals surface area (Å²) in [4.78, 5) is 18.7. The summed E-state index contributed by atoms with van der Waals surface area (Å²) < 4.78 is 1.59. The highest BCUT2D eigenvalue weighted by Gasteiger charge is 2.07. The second-order valence-corrected chi connectivity index (χ2v) is 3.68. The molecule has 0 unspecified atom stereocenters. The maximum Gasteiger partial charge on any atom is 0.163 e. The molecule has 5 heteroatoms. The highest BCUT2D eigenvalue weighted by atomic mass is 16.1. The van der Waals surface area contributed by atoms with Crippen LogP contribution in [0.1, 0.15) is 5.56 Å². The molecule has 0 amide bonds. The number of aromatic nitrogens is 4. The number of fused-ring (bicyclic) bond motifs is 1. The Kier molecular flexibility index (Phi) is 2.44. The Balaban J connectivity index is 2.36. The van der Waals surface area contributed by atoms with Crippen LogP contribution in [0.3, 0.4) is 0 Å². The van der Waals surface area contributed by atoms with E-state index in [2.05, 4.69) is 15.1 Å². The Morgan fingerprint density at radius 3 is 2.78 bits per heavy atom. The summed E-state index contributed by atoms with van der Waals surface area (Å²) >= 11 is 0. The zero-order valence-corrected chi connectivity index (χ0v) is 9.32. The van der Waals surface area contributed by atoms with Crippen LogP contribution in [0.5, 0.6) is 0 Å². The first-order valence-electron chi connectivity index (χ1n) is 5.34. The third-order valence-corrected chi connectivity index (χ3v) is 2.66. The molecule has 0 bridgehead atoms. The predicted molar refractivity (Wildman–Crippen MR) is 66.8 cm³/mol. The monoisotopic (exact) mass is 236 g/mol. The third-order valence-electron chi connectivity index (χ3n) is 2.66. The summed E-state index contributed by atoms with van der Waals surface area (Å²) in [5, 5.41) is 5.91. The molecule has 0 atom stereocenters. The minimum Gasteiger partial charge on any atom is -0.236 e. The maximum atomic E-state index is 10.5. The van der Waals surface area contributed by atoms with E-state index in [1.807, 2.05) is 24.3 Å². The molecule has 0 aliphatic carbocycles. The number of rotatable bonds is 2. The van der Waals surface area contributed by atoms with Crippen molar-refractivity contribution in [2.75, 3.05) is 0 Å². The molecule has 0 saturated carbocycles. The number of pyridine rings is 1. The normalized spacial score (nSPS) is 10.2. The van der Waals surface area contributed by atoms with Gasteiger partial charge in [-0.3, -0.25) is 0 Å². The van der Waals surface area contributed by atoms with Crippen molar-refractivity contribution >= 4 is 22.8 Å². The molecule has 0 radical (unpaired) electrons. The Hall–Kier alpha value is -2.78. The van der Waals surface area contributed by atoms with Crippen molar-refractivity contribution in [3.63, 3.8) is 0 Å². The Labute approximate surface area is 102 Å². The second-order valence-electron chi connectivity index (χ2n) is 3.68. The third kappa shape index (κ3) is 1.59. The Bertz CT molecular complexity index is 743. The first-order chi connectivity index (χ1) is 8.90. The second kappa shape index (κ2) is 4.24. The minimum absolute atomic E-state index is 0.686. The molecule has 3 aromatic rings. The summed E-state index contributed by atoms with van der Waals surface area (Å²) in [6.45, 7) is 0. The quantitative estimate of drug-likeness (QED) is 0.635. The summed E-state index contributed by atoms with van der Waals surface area (Å²) in [5.74, 6) is 2.47. The van der Waals surface area contributed by atoms with Gasteiger partial charge in [-0.25, -0.2) is 19.4 Å². The highest BCUT2D eigenvalue weighted by molar-refractivity contribution is 5.97. The molecule has 0 spiro atoms. The van der Waals surface area contributed by atoms with Crippen LogP contribution in [0.15, 0.2) is 43.1 Å². The lowest BCUT2D eigenvalue weighted by Gasteiger charge is -2.06. The first-order valence-corrected chi connectivity index (χ1v) is 5.34. The van der Waals surface area contributed by atoms with Crippen molar-refractivity contribution in [2.45, 2.75) is 0 Å². The molecule has 0 aliphatic heterocycles. The van der Waals surface area contributed by atoms with Gasteiger partial charge in [0.1, 0.15) is 18.6 Å². The fourth-order valence-electron chi connectivity index (χ4n) is 1.88. The standard InChI is InChI=1S/C13H8N4O/c18-6-5-10-7-15-13(17-9-14-8-16-17)12-4-2-1-3-11(10)12/h1-5,7-9H. The van der Waals surface area contributed by atoms with Gasteiger partial charge in [0.05, 0.1) is 0 Å². The lowest BCUT2D eigenvalue weighted by molar-refractivity contribution is 0.570. The van der Waals surface area contributed by atoms with Crippen LogP contribution in [0.25, 0.3) is 22.7 Å². The van der Waals surface area contributed by atoms with Crippen LogP contribution in [0.4, 0.5) is 0 Å². The lowest BCUT2D eigenvalue weighted by atomic mass is 10.1. The van der Waals surface area contributed by atoms with Gasteiger partial charge in [-0.1, -0.05) is 24.3 Å². The van der Waals surface area contributed by atoms with E-state index in [9.17, 15) is 4.79 Å². The number of nitrogens with zero attached hydrogens (tertiary/aromatic N) is 4. The minimum atomic E-state index is 0.686. The molecule has 5 nitrogen and oxygen atoms in total. The Morgan fingerprint density at radius 1 is 1.22 bits per heavy atom. The molecule has 18 heavy (non-hydrogen) atoms. The van der Waals surface area contributed by atoms with Gasteiger partial charge in [-0.15, -0.1) is 0 Å². The van der Waals surface area contributed by atoms with E-state index in [0.717, 1.165) is 16.3 Å². The summed E-state index contributed by atoms with van der Waals surface area (Å²) in [5.41, 5.74) is 0.740. The van der Waals surface area contributed by atoms with Gasteiger partial charge in [0, 0.05) is 23.2 Å². The molecule has 2 heterocycles. The molecule has 0 fully saturated rings. The summed E-state index contributed by atoms with van der Waals surface area (Å²) in [7, 11) is 0. The van der Waals surface area contributed by atoms with E-state index >= 15 is 0 Å². The van der Waals surface area contributed by atoms with E-state index < -0.39 is 0 Å². The lowest BCUT2D eigenvalue weighted by Crippen LogP contribution is -1.99. The molecule has 2 aromatic heterocycles. The van der Waals surface area contributed by atoms with E-state index in [1.165, 1.54) is 12.4 Å². The van der Waals surface area contributed by atoms with Gasteiger partial charge in [0.25, 0.3) is 0 Å². The number of hydrogen-bond acceptors (Lipinski definition) is 4. The number of benzene rings is 1. The van der Waals surface area contributed by atoms with Crippen molar-refractivity contribution in [1.82, 2.24) is 19.7 Å². The number of hydrogen-bond donors (Lipinski definition) is 0. The molecule has 86 valence electrons. The van der Waals surface area contributed by atoms with E-state index in [4.69, 9.17) is 0 Å². The average Bonchev–Trinajstić information content (AvgIpc) is 2.93. The molecule has 1 aromatic carbocycles. The summed E-state index contributed by atoms with van der Waals surface area (Å²) in [6.07, 6.45) is 6.05. The highest BCUT2D eigenvalue weighted by Crippen LogP contribution is 2.23. The van der Waals surface area contributed by atoms with Gasteiger partial charge in [0.2, 0.25) is 0 Å². The summed E-state index contributed by atoms with van der Waals surface area (Å²) in [6, 6.07) is 7.69. The van der Waals surface area contributed by atoms with Gasteiger partial charge < -0.3 is 0 Å². The van der Waals surface area contributed by atoms with Gasteiger partial charge in [-0.2, -0.15) is 5.10 Å². The molecule has 3 rings (SSSR count). The molecular formula is C13H8N4O. The van der Waals surface area contributed by atoms with Gasteiger partial charge in [0.15, 0.2) is 5.82 Å². The van der Waals surface area contributed by atoms with Crippen LogP contribution in [-0.4, -0.2) is 25.7 Å². The topological polar surface area (TPSA) is 60.7 Å². The fraction of sp³-hybridized carbons (Fsp3) is 0. The number of carbonyl (C=O) groups excluding carboxylic acids is 1.